The van der Waals surface area contributed by atoms with Crippen molar-refractivity contribution >= 4 is 85.0 Å². The van der Waals surface area contributed by atoms with Crippen molar-refractivity contribution in [3.05, 3.63) is 24.3 Å². The molecule has 8 amide bonds. The minimum Gasteiger partial charge on any atom is -0.369 e. The normalized spacial score (nSPS) is 13.9. The molecule has 0 aliphatic carbocycles. The number of nitrogens with one attached hydrogen (secondary N) is 2. The second-order valence-electron chi connectivity index (χ2n) is 10.3. The molecule has 0 saturated heterocycles. The zero-order valence-corrected chi connectivity index (χ0v) is 29.4. The van der Waals surface area contributed by atoms with Gasteiger partial charge in [0.15, 0.2) is 0 Å². The van der Waals surface area contributed by atoms with Gasteiger partial charge in [-0.1, -0.05) is 49.0 Å². The summed E-state index contributed by atoms with van der Waals surface area (Å²) in [5, 5.41) is 5.43. The molecular weight excluding hydrogens is 710 g/mol. The van der Waals surface area contributed by atoms with E-state index in [1.807, 2.05) is 0 Å². The molecule has 2 aliphatic rings. The smallest absolute Gasteiger partial charge is 0.253 e. The van der Waals surface area contributed by atoms with Gasteiger partial charge in [-0.15, -0.1) is 0 Å². The lowest BCUT2D eigenvalue weighted by atomic mass is 10.0. The first-order valence-corrected chi connectivity index (χ1v) is 19.1. The monoisotopic (exact) mass is 764 g/mol. The second-order valence-corrected chi connectivity index (χ2v) is 14.5. The third-order valence-corrected chi connectivity index (χ3v) is 9.37. The number of hydrogen-bond acceptors (Lipinski definition) is 10. The molecule has 14 nitrogen and oxygen atoms in total. The van der Waals surface area contributed by atoms with Crippen molar-refractivity contribution in [3.63, 3.8) is 0 Å². The van der Waals surface area contributed by atoms with Gasteiger partial charge in [-0.2, -0.15) is 0 Å². The van der Waals surface area contributed by atoms with Gasteiger partial charge in [0.2, 0.25) is 23.6 Å². The van der Waals surface area contributed by atoms with Gasteiger partial charge in [-0.25, -0.2) is 0 Å². The fraction of sp³-hybridized carbons (Fsp3) is 0.613. The van der Waals surface area contributed by atoms with E-state index in [4.69, 9.17) is 11.5 Å². The van der Waals surface area contributed by atoms with Crippen LogP contribution in [0.2, 0.25) is 0 Å². The van der Waals surface area contributed by atoms with E-state index in [-0.39, 0.29) is 107 Å². The Morgan fingerprint density at radius 1 is 0.633 bits per heavy atom. The van der Waals surface area contributed by atoms with Crippen LogP contribution in [-0.4, -0.2) is 83.2 Å². The lowest BCUT2D eigenvalue weighted by Crippen LogP contribution is -2.35. The molecule has 0 aromatic carbocycles. The lowest BCUT2D eigenvalue weighted by Gasteiger charge is -2.13. The Kier molecular flexibility index (Phi) is 32.9. The zero-order chi connectivity index (χ0) is 35.1. The van der Waals surface area contributed by atoms with Gasteiger partial charge in [-0.3, -0.25) is 48.2 Å². The molecule has 2 rings (SSSR count). The summed E-state index contributed by atoms with van der Waals surface area (Å²) >= 11 is 8.82. The summed E-state index contributed by atoms with van der Waals surface area (Å²) in [6.45, 7) is 4.75. The van der Waals surface area contributed by atoms with Crippen molar-refractivity contribution in [2.24, 2.45) is 23.3 Å². The van der Waals surface area contributed by atoms with Crippen molar-refractivity contribution in [2.45, 2.75) is 87.5 Å². The van der Waals surface area contributed by atoms with E-state index in [0.29, 0.717) is 25.9 Å². The maximum Gasteiger partial charge on any atom is 0.253 e. The average molecular weight is 765 g/mol. The first-order valence-electron chi connectivity index (χ1n) is 14.6. The molecule has 2 aliphatic heterocycles. The highest BCUT2D eigenvalue weighted by atomic mass is 32.7. The molecule has 0 saturated carbocycles. The summed E-state index contributed by atoms with van der Waals surface area (Å²) in [5.41, 5.74) is 10.3. The second kappa shape index (κ2) is 30.7. The number of imide groups is 2. The molecule has 278 valence electrons. The third kappa shape index (κ3) is 24.5. The molecule has 2 atom stereocenters. The molecule has 0 spiro atoms. The quantitative estimate of drug-likeness (QED) is 0.0856. The van der Waals surface area contributed by atoms with Crippen LogP contribution in [0.4, 0.5) is 0 Å². The number of carbonyl (C=O) groups excluding carboxylic acids is 8. The third-order valence-electron chi connectivity index (χ3n) is 6.70. The van der Waals surface area contributed by atoms with Crippen LogP contribution in [-0.2, 0) is 62.0 Å². The van der Waals surface area contributed by atoms with Crippen LogP contribution in [0.25, 0.3) is 0 Å². The maximum atomic E-state index is 11.6. The molecular formula is C31H54N6O8P2S2. The van der Waals surface area contributed by atoms with E-state index in [1.54, 1.807) is 13.8 Å². The molecule has 2 heterocycles. The Morgan fingerprint density at radius 3 is 1.16 bits per heavy atom. The summed E-state index contributed by atoms with van der Waals surface area (Å²) < 4.78 is 0. The largest absolute Gasteiger partial charge is 0.369 e. The van der Waals surface area contributed by atoms with Crippen molar-refractivity contribution in [2.75, 3.05) is 26.2 Å². The molecule has 0 aromatic heterocycles. The minimum atomic E-state index is -0.381. The molecule has 49 heavy (non-hydrogen) atoms. The van der Waals surface area contributed by atoms with Crippen molar-refractivity contribution in [1.29, 1.82) is 0 Å². The number of hydrogen-bond donors (Lipinski definition) is 4. The van der Waals surface area contributed by atoms with E-state index in [2.05, 4.69) is 34.2 Å². The van der Waals surface area contributed by atoms with Gasteiger partial charge >= 0.3 is 0 Å². The van der Waals surface area contributed by atoms with Gasteiger partial charge in [0.05, 0.1) is 0 Å². The number of rotatable bonds is 19. The Balaban J connectivity index is -0.000000352. The van der Waals surface area contributed by atoms with Gasteiger partial charge in [0, 0.05) is 89.2 Å². The predicted octanol–water partition coefficient (Wildman–Crippen LogP) is 3.04. The number of amides is 8. The Bertz CT molecular complexity index is 1080. The highest BCUT2D eigenvalue weighted by Gasteiger charge is 2.24. The lowest BCUT2D eigenvalue weighted by molar-refractivity contribution is -0.139. The van der Waals surface area contributed by atoms with E-state index in [1.165, 1.54) is 24.3 Å². The van der Waals surface area contributed by atoms with E-state index >= 15 is 0 Å². The van der Waals surface area contributed by atoms with Gasteiger partial charge in [0.25, 0.3) is 23.6 Å². The van der Waals surface area contributed by atoms with Crippen molar-refractivity contribution < 1.29 is 38.4 Å². The number of carbonyl (C=O) groups is 8. The molecule has 18 heteroatoms. The van der Waals surface area contributed by atoms with Crippen LogP contribution in [0.5, 0.6) is 0 Å². The summed E-state index contributed by atoms with van der Waals surface area (Å²) in [6.07, 6.45) is 9.49. The van der Waals surface area contributed by atoms with Crippen LogP contribution in [0.3, 0.4) is 0 Å². The summed E-state index contributed by atoms with van der Waals surface area (Å²) in [6, 6.07) is 0. The van der Waals surface area contributed by atoms with E-state index < -0.39 is 0 Å². The van der Waals surface area contributed by atoms with Gasteiger partial charge in [-0.05, 0) is 49.3 Å². The molecule has 0 aromatic rings. The fourth-order valence-corrected chi connectivity index (χ4v) is 3.80. The summed E-state index contributed by atoms with van der Waals surface area (Å²) in [7, 11) is 1.74. The standard InChI is InChI=1S/2C14H21N3O4.3CH4.P2S2/c2*1-10(14(15)21)4-2-3-8-16-11(18)7-9-17-12(19)5-6-13(17)20;;;;3-1-2-4/h2*5-6,10H,2-4,7-9H2,1H3,(H2,15,21)(H,16,18);3*1H4;/t2*10-;;;;/m00..../s1. The fourth-order valence-electron chi connectivity index (χ4n) is 3.80. The van der Waals surface area contributed by atoms with Crippen LogP contribution in [0.1, 0.15) is 87.5 Å². The predicted molar refractivity (Wildman–Crippen MR) is 200 cm³/mol. The highest BCUT2D eigenvalue weighted by molar-refractivity contribution is 8.40. The molecule has 0 radical (unpaired) electrons. The molecule has 0 fully saturated rings. The van der Waals surface area contributed by atoms with Crippen LogP contribution < -0.4 is 22.1 Å². The Morgan fingerprint density at radius 2 is 0.918 bits per heavy atom. The van der Waals surface area contributed by atoms with Crippen LogP contribution >= 0.6 is 14.1 Å². The minimum absolute atomic E-state index is 0. The number of nitrogens with zero attached hydrogens (tertiary/aromatic N) is 2. The topological polar surface area (TPSA) is 219 Å². The molecule has 0 unspecified atom stereocenters. The first-order chi connectivity index (χ1) is 21.7. The summed E-state index contributed by atoms with van der Waals surface area (Å²) in [5.74, 6) is -2.86. The van der Waals surface area contributed by atoms with Gasteiger partial charge < -0.3 is 22.1 Å². The first kappa shape index (κ1) is 52.5. The maximum absolute atomic E-state index is 11.6. The van der Waals surface area contributed by atoms with E-state index in [0.717, 1.165) is 49.6 Å². The van der Waals surface area contributed by atoms with E-state index in [9.17, 15) is 38.4 Å². The SMILES string of the molecule is C.C.C.C[C@@H](CCCCNC(=O)CCN1C(=O)C=CC1=O)C(N)=O.C[C@@H](CCCCNC(=O)CCN1C(=O)C=CC1=O)C(N)=O.S=PP=S. The van der Waals surface area contributed by atoms with Crippen molar-refractivity contribution in [3.8, 4) is 0 Å². The highest BCUT2D eigenvalue weighted by Crippen LogP contribution is 2.10. The Labute approximate surface area is 304 Å². The Hall–Kier alpha value is -3.32. The zero-order valence-electron chi connectivity index (χ0n) is 26.0. The molecule has 0 bridgehead atoms. The van der Waals surface area contributed by atoms with Crippen LogP contribution in [0, 0.1) is 11.8 Å². The number of nitrogens with two attached hydrogens (primary N) is 2. The average Bonchev–Trinajstić information content (AvgIpc) is 3.52. The summed E-state index contributed by atoms with van der Waals surface area (Å²) in [4.78, 5) is 91.9. The number of primary amides is 2. The van der Waals surface area contributed by atoms with Gasteiger partial charge in [0.1, 0.15) is 0 Å². The number of unbranched alkanes of at least 4 members (excludes halogenated alkanes) is 2. The van der Waals surface area contributed by atoms with Crippen molar-refractivity contribution in [1.82, 2.24) is 20.4 Å². The molecule has 6 N–H and O–H groups in total. The van der Waals surface area contributed by atoms with Crippen LogP contribution in [0.15, 0.2) is 24.3 Å².